The van der Waals surface area contributed by atoms with Crippen LogP contribution in [0.5, 0.6) is 0 Å². The van der Waals surface area contributed by atoms with E-state index in [-0.39, 0.29) is 0 Å². The molecule has 1 aliphatic rings. The van der Waals surface area contributed by atoms with E-state index >= 15 is 0 Å². The Balaban J connectivity index is 2.05. The minimum Gasteiger partial charge on any atom is -0.383 e. The van der Waals surface area contributed by atoms with E-state index in [2.05, 4.69) is 32.7 Å². The predicted molar refractivity (Wildman–Crippen MR) is 72.0 cm³/mol. The number of nitrogens with zero attached hydrogens (tertiary/aromatic N) is 1. The number of halogens is 1. The molecule has 0 aromatic heterocycles. The third kappa shape index (κ3) is 5.99. The molecule has 1 N–H and O–H groups in total. The van der Waals surface area contributed by atoms with Gasteiger partial charge in [-0.05, 0) is 38.4 Å². The highest BCUT2D eigenvalue weighted by Crippen LogP contribution is 2.17. The molecule has 1 rings (SSSR count). The molecule has 1 aliphatic heterocycles. The average molecular weight is 291 g/mol. The Bertz CT molecular complexity index is 203. The van der Waals surface area contributed by atoms with Crippen molar-refractivity contribution in [3.8, 4) is 0 Å². The van der Waals surface area contributed by atoms with E-state index in [1.165, 1.54) is 25.9 Å². The molecule has 3 nitrogen and oxygen atoms in total. The summed E-state index contributed by atoms with van der Waals surface area (Å²) in [6.07, 6.45) is 2.58. The second-order valence-corrected chi connectivity index (χ2v) is 5.56. The smallest absolute Gasteiger partial charge is 0.0587 e. The largest absolute Gasteiger partial charge is 0.383 e. The van der Waals surface area contributed by atoms with Gasteiger partial charge in [0.15, 0.2) is 0 Å². The summed E-state index contributed by atoms with van der Waals surface area (Å²) < 4.78 is 6.09. The summed E-state index contributed by atoms with van der Waals surface area (Å²) in [6.45, 7) is 10.2. The van der Waals surface area contributed by atoms with E-state index in [0.717, 1.165) is 36.6 Å². The summed E-state index contributed by atoms with van der Waals surface area (Å²) in [6, 6.07) is 0. The van der Waals surface area contributed by atoms with Crippen molar-refractivity contribution in [3.05, 3.63) is 11.1 Å². The monoisotopic (exact) mass is 290 g/mol. The summed E-state index contributed by atoms with van der Waals surface area (Å²) in [4.78, 5) is 2.46. The lowest BCUT2D eigenvalue weighted by molar-refractivity contribution is 0.181. The third-order valence-electron chi connectivity index (χ3n) is 3.02. The summed E-state index contributed by atoms with van der Waals surface area (Å²) in [5.41, 5.74) is 0. The lowest BCUT2D eigenvalue weighted by atomic mass is 9.97. The van der Waals surface area contributed by atoms with Gasteiger partial charge >= 0.3 is 0 Å². The SMILES string of the molecule is C=C(Br)CN1CCC(CNCCOC)CC1. The Morgan fingerprint density at radius 1 is 1.50 bits per heavy atom. The van der Waals surface area contributed by atoms with Gasteiger partial charge < -0.3 is 10.1 Å². The van der Waals surface area contributed by atoms with Crippen molar-refractivity contribution in [3.63, 3.8) is 0 Å². The first-order chi connectivity index (χ1) is 7.72. The van der Waals surface area contributed by atoms with Crippen molar-refractivity contribution < 1.29 is 4.74 Å². The Morgan fingerprint density at radius 3 is 2.75 bits per heavy atom. The van der Waals surface area contributed by atoms with Crippen LogP contribution >= 0.6 is 15.9 Å². The van der Waals surface area contributed by atoms with Crippen molar-refractivity contribution in [2.75, 3.05) is 46.4 Å². The van der Waals surface area contributed by atoms with Gasteiger partial charge in [-0.25, -0.2) is 0 Å². The fourth-order valence-electron chi connectivity index (χ4n) is 2.07. The van der Waals surface area contributed by atoms with E-state index in [4.69, 9.17) is 4.74 Å². The van der Waals surface area contributed by atoms with Gasteiger partial charge in [-0.15, -0.1) is 0 Å². The van der Waals surface area contributed by atoms with Gasteiger partial charge in [-0.1, -0.05) is 22.5 Å². The number of ether oxygens (including phenoxy) is 1. The summed E-state index contributed by atoms with van der Waals surface area (Å²) in [5.74, 6) is 0.830. The first kappa shape index (κ1) is 14.2. The molecule has 1 fully saturated rings. The molecule has 1 heterocycles. The van der Waals surface area contributed by atoms with Crippen LogP contribution in [0.3, 0.4) is 0 Å². The highest BCUT2D eigenvalue weighted by molar-refractivity contribution is 9.11. The topological polar surface area (TPSA) is 24.5 Å². The Morgan fingerprint density at radius 2 is 2.19 bits per heavy atom. The number of hydrogen-bond acceptors (Lipinski definition) is 3. The second kappa shape index (κ2) is 8.23. The molecule has 16 heavy (non-hydrogen) atoms. The molecule has 0 aliphatic carbocycles. The molecular weight excluding hydrogens is 268 g/mol. The molecule has 4 heteroatoms. The molecule has 0 radical (unpaired) electrons. The summed E-state index contributed by atoms with van der Waals surface area (Å²) in [7, 11) is 1.74. The number of piperidine rings is 1. The zero-order valence-corrected chi connectivity index (χ0v) is 11.8. The molecule has 0 unspecified atom stereocenters. The van der Waals surface area contributed by atoms with Gasteiger partial charge in [0.2, 0.25) is 0 Å². The van der Waals surface area contributed by atoms with E-state index in [1.54, 1.807) is 7.11 Å². The normalized spacial score (nSPS) is 18.9. The highest BCUT2D eigenvalue weighted by atomic mass is 79.9. The van der Waals surface area contributed by atoms with E-state index in [9.17, 15) is 0 Å². The summed E-state index contributed by atoms with van der Waals surface area (Å²) >= 11 is 3.42. The molecule has 1 saturated heterocycles. The van der Waals surface area contributed by atoms with E-state index in [1.807, 2.05) is 0 Å². The summed E-state index contributed by atoms with van der Waals surface area (Å²) in [5, 5.41) is 3.44. The Labute approximate surface area is 107 Å². The zero-order valence-electron chi connectivity index (χ0n) is 10.2. The zero-order chi connectivity index (χ0) is 11.8. The van der Waals surface area contributed by atoms with Gasteiger partial charge in [0.25, 0.3) is 0 Å². The molecule has 0 atom stereocenters. The van der Waals surface area contributed by atoms with Crippen molar-refractivity contribution >= 4 is 15.9 Å². The van der Waals surface area contributed by atoms with Gasteiger partial charge in [-0.3, -0.25) is 4.90 Å². The minimum atomic E-state index is 0.808. The van der Waals surface area contributed by atoms with Crippen LogP contribution in [0.25, 0.3) is 0 Å². The second-order valence-electron chi connectivity index (χ2n) is 4.43. The van der Waals surface area contributed by atoms with Crippen LogP contribution < -0.4 is 5.32 Å². The average Bonchev–Trinajstić information content (AvgIpc) is 2.26. The lowest BCUT2D eigenvalue weighted by Crippen LogP contribution is -2.38. The first-order valence-electron chi connectivity index (χ1n) is 5.97. The van der Waals surface area contributed by atoms with Crippen LogP contribution in [0.4, 0.5) is 0 Å². The van der Waals surface area contributed by atoms with Crippen LogP contribution in [0, 0.1) is 5.92 Å². The highest BCUT2D eigenvalue weighted by Gasteiger charge is 2.18. The van der Waals surface area contributed by atoms with Crippen LogP contribution in [0.2, 0.25) is 0 Å². The van der Waals surface area contributed by atoms with Gasteiger partial charge in [0.1, 0.15) is 0 Å². The standard InChI is InChI=1S/C12H23BrN2O/c1-11(13)10-15-6-3-12(4-7-15)9-14-5-8-16-2/h12,14H,1,3-10H2,2H3. The quantitative estimate of drug-likeness (QED) is 0.724. The predicted octanol–water partition coefficient (Wildman–Crippen LogP) is 1.84. The van der Waals surface area contributed by atoms with Crippen molar-refractivity contribution in [2.24, 2.45) is 5.92 Å². The molecule has 0 amide bonds. The maximum atomic E-state index is 5.01. The number of rotatable bonds is 7. The van der Waals surface area contributed by atoms with Crippen molar-refractivity contribution in [1.82, 2.24) is 10.2 Å². The molecule has 0 aromatic rings. The van der Waals surface area contributed by atoms with Gasteiger partial charge in [0.05, 0.1) is 6.61 Å². The van der Waals surface area contributed by atoms with Crippen molar-refractivity contribution in [2.45, 2.75) is 12.8 Å². The van der Waals surface area contributed by atoms with Crippen LogP contribution in [0.1, 0.15) is 12.8 Å². The fraction of sp³-hybridized carbons (Fsp3) is 0.833. The van der Waals surface area contributed by atoms with E-state index in [0.29, 0.717) is 0 Å². The maximum Gasteiger partial charge on any atom is 0.0587 e. The molecule has 0 bridgehead atoms. The number of likely N-dealkylation sites (tertiary alicyclic amines) is 1. The Kier molecular flexibility index (Phi) is 7.28. The minimum absolute atomic E-state index is 0.808. The molecule has 0 saturated carbocycles. The lowest BCUT2D eigenvalue weighted by Gasteiger charge is -2.31. The number of nitrogens with one attached hydrogen (secondary N) is 1. The number of hydrogen-bond donors (Lipinski definition) is 1. The number of methoxy groups -OCH3 is 1. The Hall–Kier alpha value is 0.1000. The molecule has 0 aromatic carbocycles. The van der Waals surface area contributed by atoms with Crippen LogP contribution in [-0.4, -0.2) is 51.3 Å². The molecular formula is C12H23BrN2O. The molecule has 0 spiro atoms. The van der Waals surface area contributed by atoms with E-state index < -0.39 is 0 Å². The van der Waals surface area contributed by atoms with Crippen molar-refractivity contribution in [1.29, 1.82) is 0 Å². The van der Waals surface area contributed by atoms with Crippen LogP contribution in [0.15, 0.2) is 11.1 Å². The third-order valence-corrected chi connectivity index (χ3v) is 3.27. The molecule has 94 valence electrons. The fourth-order valence-corrected chi connectivity index (χ4v) is 2.43. The van der Waals surface area contributed by atoms with Gasteiger partial charge in [0, 0.05) is 24.7 Å². The first-order valence-corrected chi connectivity index (χ1v) is 6.77. The van der Waals surface area contributed by atoms with Gasteiger partial charge in [-0.2, -0.15) is 0 Å². The maximum absolute atomic E-state index is 5.01. The van der Waals surface area contributed by atoms with Crippen LogP contribution in [-0.2, 0) is 4.74 Å².